The Labute approximate surface area is 378 Å². The number of hydrogen-bond donors (Lipinski definition) is 0. The zero-order chi connectivity index (χ0) is 43.3. The van der Waals surface area contributed by atoms with Gasteiger partial charge in [0.15, 0.2) is 17.5 Å². The summed E-state index contributed by atoms with van der Waals surface area (Å²) in [6.07, 6.45) is 0. The molecule has 0 atom stereocenters. The van der Waals surface area contributed by atoms with Gasteiger partial charge in [-0.2, -0.15) is 0 Å². The predicted molar refractivity (Wildman–Crippen MR) is 273 cm³/mol. The van der Waals surface area contributed by atoms with Gasteiger partial charge >= 0.3 is 0 Å². The minimum atomic E-state index is 0.585. The Balaban J connectivity index is 1.07. The fourth-order valence-electron chi connectivity index (χ4n) is 10.3. The van der Waals surface area contributed by atoms with Crippen LogP contribution in [0.15, 0.2) is 223 Å². The summed E-state index contributed by atoms with van der Waals surface area (Å²) in [4.78, 5) is 16.1. The van der Waals surface area contributed by atoms with Crippen LogP contribution < -0.4 is 0 Å². The first-order valence-electron chi connectivity index (χ1n) is 22.3. The molecule has 0 N–H and O–H groups in total. The minimum Gasteiger partial charge on any atom is -0.456 e. The van der Waals surface area contributed by atoms with E-state index in [1.54, 1.807) is 0 Å². The molecule has 0 aliphatic heterocycles. The van der Waals surface area contributed by atoms with Gasteiger partial charge in [0.1, 0.15) is 11.2 Å². The standard InChI is InChI=1S/C61H36N4O/c1-2-17-41-34-55-53(33-40(41)16-1)58-46-22-8-5-15-39(46)28-32-54(58)65(55)43-29-31-51(52(36-43)42-27-30-48-47-23-9-10-26-56(47)66-57(48)35-42)61-63-59(49-24-11-18-37-13-3-6-20-44(37)49)62-60(64-61)50-25-12-19-38-14-4-7-21-45(38)50/h1-36H. The van der Waals surface area contributed by atoms with Gasteiger partial charge in [-0.05, 0) is 109 Å². The summed E-state index contributed by atoms with van der Waals surface area (Å²) >= 11 is 0. The fourth-order valence-corrected chi connectivity index (χ4v) is 10.3. The molecule has 0 aliphatic rings. The van der Waals surface area contributed by atoms with E-state index in [1.807, 2.05) is 12.1 Å². The molecule has 0 saturated heterocycles. The van der Waals surface area contributed by atoms with Crippen LogP contribution in [0.1, 0.15) is 0 Å². The summed E-state index contributed by atoms with van der Waals surface area (Å²) < 4.78 is 8.97. The molecule has 0 saturated carbocycles. The van der Waals surface area contributed by atoms with Crippen molar-refractivity contribution in [2.24, 2.45) is 0 Å². The van der Waals surface area contributed by atoms with E-state index in [2.05, 4.69) is 211 Å². The first-order chi connectivity index (χ1) is 32.7. The van der Waals surface area contributed by atoms with Gasteiger partial charge in [-0.15, -0.1) is 0 Å². The first-order valence-corrected chi connectivity index (χ1v) is 22.3. The van der Waals surface area contributed by atoms with Gasteiger partial charge in [0.05, 0.1) is 11.0 Å². The Kier molecular flexibility index (Phi) is 7.91. The van der Waals surface area contributed by atoms with E-state index in [-0.39, 0.29) is 0 Å². The Morgan fingerprint density at radius 2 is 0.848 bits per heavy atom. The van der Waals surface area contributed by atoms with Gasteiger partial charge in [-0.3, -0.25) is 0 Å². The lowest BCUT2D eigenvalue weighted by Crippen LogP contribution is -2.03. The van der Waals surface area contributed by atoms with Crippen molar-refractivity contribution in [1.82, 2.24) is 19.5 Å². The number of furan rings is 1. The molecule has 0 fully saturated rings. The highest BCUT2D eigenvalue weighted by Gasteiger charge is 2.22. The van der Waals surface area contributed by atoms with Crippen molar-refractivity contribution in [3.05, 3.63) is 218 Å². The lowest BCUT2D eigenvalue weighted by atomic mass is 9.96. The fraction of sp³-hybridized carbons (Fsp3) is 0. The maximum Gasteiger partial charge on any atom is 0.164 e. The van der Waals surface area contributed by atoms with Crippen LogP contribution in [-0.2, 0) is 0 Å². The lowest BCUT2D eigenvalue weighted by Gasteiger charge is -2.16. The minimum absolute atomic E-state index is 0.585. The summed E-state index contributed by atoms with van der Waals surface area (Å²) in [5.74, 6) is 1.81. The van der Waals surface area contributed by atoms with E-state index in [9.17, 15) is 0 Å². The molecule has 0 amide bonds. The summed E-state index contributed by atoms with van der Waals surface area (Å²) in [7, 11) is 0. The lowest BCUT2D eigenvalue weighted by molar-refractivity contribution is 0.669. The average Bonchev–Trinajstić information content (AvgIpc) is 3.92. The van der Waals surface area contributed by atoms with Gasteiger partial charge in [0.25, 0.3) is 0 Å². The number of nitrogens with zero attached hydrogens (tertiary/aromatic N) is 4. The number of para-hydroxylation sites is 1. The van der Waals surface area contributed by atoms with E-state index in [0.29, 0.717) is 17.5 Å². The van der Waals surface area contributed by atoms with Gasteiger partial charge in [-0.25, -0.2) is 15.0 Å². The molecule has 66 heavy (non-hydrogen) atoms. The van der Waals surface area contributed by atoms with Gasteiger partial charge in [0, 0.05) is 43.9 Å². The summed E-state index contributed by atoms with van der Waals surface area (Å²) in [6, 6.07) is 77.6. The molecule has 0 radical (unpaired) electrons. The van der Waals surface area contributed by atoms with E-state index < -0.39 is 0 Å². The number of hydrogen-bond acceptors (Lipinski definition) is 4. The predicted octanol–water partition coefficient (Wildman–Crippen LogP) is 16.1. The second kappa shape index (κ2) is 14.3. The molecule has 5 nitrogen and oxygen atoms in total. The Morgan fingerprint density at radius 1 is 0.303 bits per heavy atom. The van der Waals surface area contributed by atoms with Crippen LogP contribution in [0, 0.1) is 0 Å². The van der Waals surface area contributed by atoms with Crippen LogP contribution in [0.4, 0.5) is 0 Å². The van der Waals surface area contributed by atoms with Crippen LogP contribution in [0.2, 0.25) is 0 Å². The molecule has 0 bridgehead atoms. The summed E-state index contributed by atoms with van der Waals surface area (Å²) in [6.45, 7) is 0. The van der Waals surface area contributed by atoms with Crippen molar-refractivity contribution in [2.75, 3.05) is 0 Å². The van der Waals surface area contributed by atoms with Crippen molar-refractivity contribution in [3.8, 4) is 51.0 Å². The van der Waals surface area contributed by atoms with Crippen LogP contribution in [0.3, 0.4) is 0 Å². The zero-order valence-electron chi connectivity index (χ0n) is 35.5. The summed E-state index contributed by atoms with van der Waals surface area (Å²) in [5, 5.41) is 13.9. The van der Waals surface area contributed by atoms with Crippen LogP contribution >= 0.6 is 0 Å². The number of fused-ring (bicyclic) bond motifs is 11. The molecule has 0 aliphatic carbocycles. The average molecular weight is 841 g/mol. The monoisotopic (exact) mass is 840 g/mol. The largest absolute Gasteiger partial charge is 0.456 e. The molecule has 306 valence electrons. The van der Waals surface area contributed by atoms with Crippen LogP contribution in [0.25, 0.3) is 138 Å². The van der Waals surface area contributed by atoms with E-state index in [0.717, 1.165) is 88.0 Å². The molecule has 0 spiro atoms. The van der Waals surface area contributed by atoms with Crippen molar-refractivity contribution in [3.63, 3.8) is 0 Å². The highest BCUT2D eigenvalue weighted by molar-refractivity contribution is 6.23. The molecule has 11 aromatic carbocycles. The van der Waals surface area contributed by atoms with E-state index in [4.69, 9.17) is 19.4 Å². The van der Waals surface area contributed by atoms with Crippen molar-refractivity contribution in [1.29, 1.82) is 0 Å². The normalized spacial score (nSPS) is 11.9. The van der Waals surface area contributed by atoms with Crippen molar-refractivity contribution >= 4 is 86.8 Å². The molecule has 14 rings (SSSR count). The van der Waals surface area contributed by atoms with E-state index in [1.165, 1.54) is 32.3 Å². The number of benzene rings is 11. The molecule has 3 heterocycles. The quantitative estimate of drug-likeness (QED) is 0.173. The molecular weight excluding hydrogens is 805 g/mol. The van der Waals surface area contributed by atoms with Crippen molar-refractivity contribution < 1.29 is 4.42 Å². The zero-order valence-corrected chi connectivity index (χ0v) is 35.5. The van der Waals surface area contributed by atoms with Crippen molar-refractivity contribution in [2.45, 2.75) is 0 Å². The maximum absolute atomic E-state index is 6.55. The molecular formula is C61H36N4O. The molecule has 0 unspecified atom stereocenters. The van der Waals surface area contributed by atoms with Gasteiger partial charge in [0.2, 0.25) is 0 Å². The number of rotatable bonds is 5. The third kappa shape index (κ3) is 5.63. The van der Waals surface area contributed by atoms with Crippen LogP contribution in [0.5, 0.6) is 0 Å². The van der Waals surface area contributed by atoms with Crippen LogP contribution in [-0.4, -0.2) is 19.5 Å². The second-order valence-electron chi connectivity index (χ2n) is 17.1. The third-order valence-corrected chi connectivity index (χ3v) is 13.4. The topological polar surface area (TPSA) is 56.7 Å². The molecule has 14 aromatic rings. The Morgan fingerprint density at radius 3 is 1.55 bits per heavy atom. The Hall–Kier alpha value is -8.93. The second-order valence-corrected chi connectivity index (χ2v) is 17.1. The van der Waals surface area contributed by atoms with Gasteiger partial charge < -0.3 is 8.98 Å². The maximum atomic E-state index is 6.55. The highest BCUT2D eigenvalue weighted by atomic mass is 16.3. The highest BCUT2D eigenvalue weighted by Crippen LogP contribution is 2.43. The van der Waals surface area contributed by atoms with Gasteiger partial charge in [-0.1, -0.05) is 164 Å². The smallest absolute Gasteiger partial charge is 0.164 e. The Bertz CT molecular complexity index is 4200. The third-order valence-electron chi connectivity index (χ3n) is 13.4. The SMILES string of the molecule is c1ccc2cc3c(cc2c1)c1c2ccccc2ccc1n3-c1ccc(-c2nc(-c3cccc4ccccc34)nc(-c3cccc4ccccc34)n2)c(-c2ccc3c(c2)oc2ccccc23)c1. The summed E-state index contributed by atoms with van der Waals surface area (Å²) in [5.41, 5.74) is 9.75. The molecule has 5 heteroatoms. The van der Waals surface area contributed by atoms with E-state index >= 15 is 0 Å². The molecule has 3 aromatic heterocycles. The number of aromatic nitrogens is 4. The first kappa shape index (κ1) is 36.5.